The molecule has 1 aliphatic heterocycles. The molecule has 122 valence electrons. The Kier molecular flexibility index (Phi) is 4.96. The fraction of sp³-hybridized carbons (Fsp3) is 0.111. The Morgan fingerprint density at radius 2 is 2.00 bits per heavy atom. The number of amidine groups is 1. The molecule has 1 fully saturated rings. The minimum absolute atomic E-state index is 0.160. The van der Waals surface area contributed by atoms with E-state index in [2.05, 4.69) is 32.9 Å². The Morgan fingerprint density at radius 1 is 1.21 bits per heavy atom. The summed E-state index contributed by atoms with van der Waals surface area (Å²) in [5, 5.41) is 13.0. The van der Waals surface area contributed by atoms with E-state index in [0.717, 1.165) is 25.9 Å². The van der Waals surface area contributed by atoms with Gasteiger partial charge in [-0.25, -0.2) is 4.99 Å². The van der Waals surface area contributed by atoms with Crippen LogP contribution in [0.15, 0.2) is 46.3 Å². The van der Waals surface area contributed by atoms with Crippen molar-refractivity contribution in [3.8, 4) is 5.75 Å². The van der Waals surface area contributed by atoms with E-state index in [1.165, 1.54) is 11.8 Å². The van der Waals surface area contributed by atoms with E-state index in [0.29, 0.717) is 10.1 Å². The molecular weight excluding hydrogens is 435 g/mol. The molecule has 6 heteroatoms. The fourth-order valence-corrected chi connectivity index (χ4v) is 3.57. The quantitative estimate of drug-likeness (QED) is 0.523. The number of aryl methyl sites for hydroxylation is 2. The van der Waals surface area contributed by atoms with Crippen LogP contribution in [-0.4, -0.2) is 16.2 Å². The Morgan fingerprint density at radius 3 is 2.75 bits per heavy atom. The molecule has 0 spiro atoms. The van der Waals surface area contributed by atoms with Crippen LogP contribution in [0.4, 0.5) is 5.69 Å². The van der Waals surface area contributed by atoms with Crippen LogP contribution < -0.4 is 5.32 Å². The topological polar surface area (TPSA) is 61.7 Å². The molecule has 2 N–H and O–H groups in total. The minimum Gasteiger partial charge on any atom is -0.507 e. The molecule has 0 bridgehead atoms. The van der Waals surface area contributed by atoms with E-state index in [4.69, 9.17) is 0 Å². The third kappa shape index (κ3) is 3.81. The smallest absolute Gasteiger partial charge is 0.264 e. The van der Waals surface area contributed by atoms with Gasteiger partial charge in [-0.15, -0.1) is 0 Å². The molecule has 2 aromatic carbocycles. The number of aromatic hydroxyl groups is 1. The Bertz CT molecular complexity index is 891. The highest BCUT2D eigenvalue weighted by molar-refractivity contribution is 14.1. The van der Waals surface area contributed by atoms with Crippen LogP contribution in [0, 0.1) is 17.4 Å². The van der Waals surface area contributed by atoms with E-state index in [-0.39, 0.29) is 11.7 Å². The maximum atomic E-state index is 12.2. The second-order valence-electron chi connectivity index (χ2n) is 5.48. The summed E-state index contributed by atoms with van der Waals surface area (Å²) in [5.41, 5.74) is 3.92. The summed E-state index contributed by atoms with van der Waals surface area (Å²) in [5.74, 6) is 0.0746. The first-order chi connectivity index (χ1) is 11.4. The molecule has 3 rings (SSSR count). The second-order valence-corrected chi connectivity index (χ2v) is 7.68. The van der Waals surface area contributed by atoms with Crippen molar-refractivity contribution in [1.29, 1.82) is 0 Å². The maximum Gasteiger partial charge on any atom is 0.264 e. The lowest BCUT2D eigenvalue weighted by Crippen LogP contribution is -2.19. The summed E-state index contributed by atoms with van der Waals surface area (Å²) in [6.07, 6.45) is 1.80. The predicted molar refractivity (Wildman–Crippen MR) is 108 cm³/mol. The van der Waals surface area contributed by atoms with Crippen molar-refractivity contribution in [1.82, 2.24) is 5.32 Å². The summed E-state index contributed by atoms with van der Waals surface area (Å²) < 4.78 is 0.745. The second kappa shape index (κ2) is 6.98. The van der Waals surface area contributed by atoms with Crippen LogP contribution in [0.3, 0.4) is 0 Å². The standard InChI is InChI=1S/C18H15IN2O2S/c1-10-3-4-11(2)14(7-10)20-18-21-17(23)16(24-18)9-12-5-6-15(22)13(19)8-12/h3-9,22H,1-2H3,(H,20,21,23)/b16-9+. The van der Waals surface area contributed by atoms with Gasteiger partial charge in [0, 0.05) is 0 Å². The molecule has 1 amide bonds. The zero-order valence-corrected chi connectivity index (χ0v) is 16.1. The molecule has 2 aromatic rings. The van der Waals surface area contributed by atoms with Gasteiger partial charge in [0.1, 0.15) is 5.75 Å². The van der Waals surface area contributed by atoms with Gasteiger partial charge in [0.05, 0.1) is 14.2 Å². The molecular formula is C18H15IN2O2S. The number of amides is 1. The number of hydrogen-bond donors (Lipinski definition) is 2. The van der Waals surface area contributed by atoms with E-state index >= 15 is 0 Å². The van der Waals surface area contributed by atoms with Gasteiger partial charge < -0.3 is 10.4 Å². The maximum absolute atomic E-state index is 12.2. The number of phenols is 1. The summed E-state index contributed by atoms with van der Waals surface area (Å²) in [7, 11) is 0. The number of benzene rings is 2. The highest BCUT2D eigenvalue weighted by Gasteiger charge is 2.24. The van der Waals surface area contributed by atoms with Crippen LogP contribution in [0.2, 0.25) is 0 Å². The molecule has 1 heterocycles. The number of nitrogens with one attached hydrogen (secondary N) is 1. The molecule has 1 saturated heterocycles. The van der Waals surface area contributed by atoms with Gasteiger partial charge in [-0.1, -0.05) is 18.2 Å². The molecule has 0 atom stereocenters. The Hall–Kier alpha value is -1.80. The van der Waals surface area contributed by atoms with Gasteiger partial charge >= 0.3 is 0 Å². The molecule has 4 nitrogen and oxygen atoms in total. The molecule has 0 saturated carbocycles. The largest absolute Gasteiger partial charge is 0.507 e. The number of phenolic OH excluding ortho intramolecular Hbond substituents is 1. The van der Waals surface area contributed by atoms with E-state index in [9.17, 15) is 9.90 Å². The lowest BCUT2D eigenvalue weighted by atomic mass is 10.1. The number of halogens is 1. The van der Waals surface area contributed by atoms with E-state index in [1.807, 2.05) is 38.1 Å². The normalized spacial score (nSPS) is 17.5. The number of carbonyl (C=O) groups excluding carboxylic acids is 1. The molecule has 0 aliphatic carbocycles. The van der Waals surface area contributed by atoms with Crippen molar-refractivity contribution < 1.29 is 9.90 Å². The van der Waals surface area contributed by atoms with Gasteiger partial charge in [-0.2, -0.15) is 0 Å². The molecule has 1 aliphatic rings. The van der Waals surface area contributed by atoms with Crippen molar-refractivity contribution in [3.63, 3.8) is 0 Å². The number of nitrogens with zero attached hydrogens (tertiary/aromatic N) is 1. The monoisotopic (exact) mass is 450 g/mol. The van der Waals surface area contributed by atoms with Gasteiger partial charge in [-0.05, 0) is 89.2 Å². The van der Waals surface area contributed by atoms with Crippen molar-refractivity contribution in [2.75, 3.05) is 0 Å². The minimum atomic E-state index is -0.160. The summed E-state index contributed by atoms with van der Waals surface area (Å²) in [4.78, 5) is 17.3. The summed E-state index contributed by atoms with van der Waals surface area (Å²) in [6, 6.07) is 11.3. The van der Waals surface area contributed by atoms with Gasteiger partial charge in [-0.3, -0.25) is 4.79 Å². The van der Waals surface area contributed by atoms with Gasteiger partial charge in [0.2, 0.25) is 0 Å². The van der Waals surface area contributed by atoms with E-state index in [1.54, 1.807) is 18.2 Å². The molecule has 0 unspecified atom stereocenters. The zero-order valence-electron chi connectivity index (χ0n) is 13.1. The van der Waals surface area contributed by atoms with Crippen LogP contribution in [0.1, 0.15) is 16.7 Å². The van der Waals surface area contributed by atoms with Crippen molar-refractivity contribution in [2.24, 2.45) is 4.99 Å². The van der Waals surface area contributed by atoms with Crippen LogP contribution in [-0.2, 0) is 4.79 Å². The summed E-state index contributed by atoms with van der Waals surface area (Å²) in [6.45, 7) is 4.01. The SMILES string of the molecule is Cc1ccc(C)c(N=C2NC(=O)/C(=C\c3ccc(O)c(I)c3)S2)c1. The predicted octanol–water partition coefficient (Wildman–Crippen LogP) is 4.51. The average molecular weight is 450 g/mol. The van der Waals surface area contributed by atoms with Crippen molar-refractivity contribution in [3.05, 3.63) is 61.6 Å². The molecule has 0 radical (unpaired) electrons. The fourth-order valence-electron chi connectivity index (χ4n) is 2.19. The number of carbonyl (C=O) groups is 1. The first-order valence-corrected chi connectivity index (χ1v) is 9.17. The van der Waals surface area contributed by atoms with Gasteiger partial charge in [0.25, 0.3) is 5.91 Å². The number of aliphatic imine (C=N–C) groups is 1. The van der Waals surface area contributed by atoms with Crippen molar-refractivity contribution in [2.45, 2.75) is 13.8 Å². The first kappa shape index (κ1) is 17.0. The molecule has 24 heavy (non-hydrogen) atoms. The zero-order chi connectivity index (χ0) is 17.3. The van der Waals surface area contributed by atoms with Crippen molar-refractivity contribution >= 4 is 57.2 Å². The lowest BCUT2D eigenvalue weighted by Gasteiger charge is -2.02. The van der Waals surface area contributed by atoms with E-state index < -0.39 is 0 Å². The number of rotatable bonds is 2. The highest BCUT2D eigenvalue weighted by Crippen LogP contribution is 2.30. The summed E-state index contributed by atoms with van der Waals surface area (Å²) >= 11 is 3.38. The lowest BCUT2D eigenvalue weighted by molar-refractivity contribution is -0.115. The average Bonchev–Trinajstić information content (AvgIpc) is 2.86. The van der Waals surface area contributed by atoms with Crippen LogP contribution >= 0.6 is 34.4 Å². The highest BCUT2D eigenvalue weighted by atomic mass is 127. The Labute approximate surface area is 158 Å². The van der Waals surface area contributed by atoms with Crippen LogP contribution in [0.5, 0.6) is 5.75 Å². The third-order valence-electron chi connectivity index (χ3n) is 3.51. The third-order valence-corrected chi connectivity index (χ3v) is 5.28. The number of thioether (sulfide) groups is 1. The first-order valence-electron chi connectivity index (χ1n) is 7.28. The van der Waals surface area contributed by atoms with Crippen LogP contribution in [0.25, 0.3) is 6.08 Å². The Balaban J connectivity index is 1.87. The van der Waals surface area contributed by atoms with Gasteiger partial charge in [0.15, 0.2) is 5.17 Å². The number of hydrogen-bond acceptors (Lipinski definition) is 4. The molecule has 0 aromatic heterocycles.